The van der Waals surface area contributed by atoms with Gasteiger partial charge in [-0.3, -0.25) is 0 Å². The number of benzene rings is 1. The minimum Gasteiger partial charge on any atom is -0.478 e. The summed E-state index contributed by atoms with van der Waals surface area (Å²) < 4.78 is 17.2. The number of halogens is 1. The van der Waals surface area contributed by atoms with Gasteiger partial charge in [-0.1, -0.05) is 0 Å². The Kier molecular flexibility index (Phi) is 3.77. The number of aromatic carboxylic acids is 1. The molecule has 0 heterocycles. The molecule has 0 bridgehead atoms. The molecule has 0 saturated heterocycles. The van der Waals surface area contributed by atoms with Crippen LogP contribution in [0, 0.1) is 5.82 Å². The van der Waals surface area contributed by atoms with Crippen LogP contribution in [-0.2, 0) is 9.53 Å². The lowest BCUT2D eigenvalue weighted by Crippen LogP contribution is -2.00. The molecular weight excluding hydrogens is 215 g/mol. The number of esters is 1. The summed E-state index contributed by atoms with van der Waals surface area (Å²) in [6.45, 7) is 0. The smallest absolute Gasteiger partial charge is 0.336 e. The van der Waals surface area contributed by atoms with E-state index in [4.69, 9.17) is 5.11 Å². The Morgan fingerprint density at radius 1 is 1.44 bits per heavy atom. The Hall–Kier alpha value is -2.17. The average molecular weight is 224 g/mol. The molecule has 0 atom stereocenters. The van der Waals surface area contributed by atoms with E-state index in [0.717, 1.165) is 24.3 Å². The topological polar surface area (TPSA) is 63.6 Å². The minimum atomic E-state index is -1.19. The zero-order valence-corrected chi connectivity index (χ0v) is 8.44. The summed E-state index contributed by atoms with van der Waals surface area (Å²) in [4.78, 5) is 21.6. The molecule has 0 aliphatic heterocycles. The first-order valence-corrected chi connectivity index (χ1v) is 4.33. The van der Waals surface area contributed by atoms with E-state index >= 15 is 0 Å². The molecule has 0 spiro atoms. The first-order valence-electron chi connectivity index (χ1n) is 4.33. The van der Waals surface area contributed by atoms with Gasteiger partial charge < -0.3 is 9.84 Å². The molecule has 84 valence electrons. The maximum Gasteiger partial charge on any atom is 0.336 e. The van der Waals surface area contributed by atoms with Gasteiger partial charge in [0, 0.05) is 6.08 Å². The largest absolute Gasteiger partial charge is 0.478 e. The summed E-state index contributed by atoms with van der Waals surface area (Å²) in [5.41, 5.74) is 0.0273. The fourth-order valence-electron chi connectivity index (χ4n) is 1.09. The molecule has 0 unspecified atom stereocenters. The first kappa shape index (κ1) is 11.9. The highest BCUT2D eigenvalue weighted by atomic mass is 19.1. The molecular formula is C11H9FO4. The molecule has 16 heavy (non-hydrogen) atoms. The van der Waals surface area contributed by atoms with Gasteiger partial charge in [0.05, 0.1) is 12.7 Å². The van der Waals surface area contributed by atoms with Crippen molar-refractivity contribution in [3.05, 3.63) is 41.2 Å². The van der Waals surface area contributed by atoms with Gasteiger partial charge in [0.25, 0.3) is 0 Å². The molecule has 0 aliphatic rings. The van der Waals surface area contributed by atoms with Gasteiger partial charge in [0.1, 0.15) is 5.82 Å². The lowest BCUT2D eigenvalue weighted by molar-refractivity contribution is -0.134. The van der Waals surface area contributed by atoms with Gasteiger partial charge in [-0.2, -0.15) is 0 Å². The third-order valence-corrected chi connectivity index (χ3v) is 1.84. The second-order valence-electron chi connectivity index (χ2n) is 2.89. The van der Waals surface area contributed by atoms with E-state index < -0.39 is 17.8 Å². The van der Waals surface area contributed by atoms with Crippen molar-refractivity contribution >= 4 is 18.0 Å². The molecule has 0 radical (unpaired) electrons. The number of carbonyl (C=O) groups is 2. The fraction of sp³-hybridized carbons (Fsp3) is 0.0909. The summed E-state index contributed by atoms with van der Waals surface area (Å²) in [5, 5.41) is 8.81. The molecule has 0 amide bonds. The lowest BCUT2D eigenvalue weighted by atomic mass is 10.1. The standard InChI is InChI=1S/C11H9FO4/c1-16-10(13)5-2-7-6-8(12)3-4-9(7)11(14)15/h2-6H,1H3,(H,14,15). The van der Waals surface area contributed by atoms with Crippen molar-refractivity contribution < 1.29 is 23.8 Å². The predicted molar refractivity (Wildman–Crippen MR) is 54.4 cm³/mol. The second kappa shape index (κ2) is 5.06. The summed E-state index contributed by atoms with van der Waals surface area (Å²) in [6, 6.07) is 3.20. The highest BCUT2D eigenvalue weighted by molar-refractivity contribution is 5.94. The average Bonchev–Trinajstić information content (AvgIpc) is 2.25. The number of carboxylic acids is 1. The Balaban J connectivity index is 3.10. The highest BCUT2D eigenvalue weighted by Crippen LogP contribution is 2.13. The van der Waals surface area contributed by atoms with Crippen LogP contribution in [0.2, 0.25) is 0 Å². The van der Waals surface area contributed by atoms with Crippen molar-refractivity contribution in [2.75, 3.05) is 7.11 Å². The molecule has 4 nitrogen and oxygen atoms in total. The Morgan fingerprint density at radius 3 is 2.69 bits per heavy atom. The van der Waals surface area contributed by atoms with Crippen molar-refractivity contribution in [3.8, 4) is 0 Å². The number of hydrogen-bond donors (Lipinski definition) is 1. The van der Waals surface area contributed by atoms with E-state index in [1.807, 2.05) is 0 Å². The van der Waals surface area contributed by atoms with Crippen LogP contribution in [0.1, 0.15) is 15.9 Å². The summed E-state index contributed by atoms with van der Waals surface area (Å²) in [5.74, 6) is -2.40. The summed E-state index contributed by atoms with van der Waals surface area (Å²) in [6.07, 6.45) is 2.22. The Labute approximate surface area is 91.0 Å². The van der Waals surface area contributed by atoms with Crippen molar-refractivity contribution in [1.29, 1.82) is 0 Å². The Bertz CT molecular complexity index is 451. The van der Waals surface area contributed by atoms with Crippen LogP contribution in [-0.4, -0.2) is 24.2 Å². The van der Waals surface area contributed by atoms with Crippen LogP contribution in [0.4, 0.5) is 4.39 Å². The number of methoxy groups -OCH3 is 1. The van der Waals surface area contributed by atoms with Crippen LogP contribution in [0.15, 0.2) is 24.3 Å². The van der Waals surface area contributed by atoms with Gasteiger partial charge in [0.15, 0.2) is 0 Å². The van der Waals surface area contributed by atoms with E-state index in [1.165, 1.54) is 13.2 Å². The van der Waals surface area contributed by atoms with E-state index in [1.54, 1.807) is 0 Å². The second-order valence-corrected chi connectivity index (χ2v) is 2.89. The minimum absolute atomic E-state index is 0.0819. The van der Waals surface area contributed by atoms with Crippen LogP contribution in [0.25, 0.3) is 6.08 Å². The predicted octanol–water partition coefficient (Wildman–Crippen LogP) is 1.71. The summed E-state index contributed by atoms with van der Waals surface area (Å²) in [7, 11) is 1.19. The van der Waals surface area contributed by atoms with Crippen molar-refractivity contribution in [2.24, 2.45) is 0 Å². The quantitative estimate of drug-likeness (QED) is 0.627. The lowest BCUT2D eigenvalue weighted by Gasteiger charge is -2.00. The molecule has 5 heteroatoms. The van der Waals surface area contributed by atoms with E-state index in [9.17, 15) is 14.0 Å². The maximum absolute atomic E-state index is 12.9. The fourth-order valence-corrected chi connectivity index (χ4v) is 1.09. The third-order valence-electron chi connectivity index (χ3n) is 1.84. The molecule has 0 aromatic heterocycles. The molecule has 0 saturated carbocycles. The zero-order chi connectivity index (χ0) is 12.1. The highest BCUT2D eigenvalue weighted by Gasteiger charge is 2.08. The molecule has 1 N–H and O–H groups in total. The van der Waals surface area contributed by atoms with Gasteiger partial charge in [-0.05, 0) is 29.8 Å². The first-order chi connectivity index (χ1) is 7.54. The number of rotatable bonds is 3. The monoisotopic (exact) mass is 224 g/mol. The van der Waals surface area contributed by atoms with Gasteiger partial charge in [-0.15, -0.1) is 0 Å². The number of carboxylic acid groups (broad SMARTS) is 1. The summed E-state index contributed by atoms with van der Waals surface area (Å²) >= 11 is 0. The van der Waals surface area contributed by atoms with E-state index in [-0.39, 0.29) is 11.1 Å². The van der Waals surface area contributed by atoms with Crippen LogP contribution >= 0.6 is 0 Å². The van der Waals surface area contributed by atoms with E-state index in [2.05, 4.69) is 4.74 Å². The zero-order valence-electron chi connectivity index (χ0n) is 8.44. The maximum atomic E-state index is 12.9. The number of hydrogen-bond acceptors (Lipinski definition) is 3. The molecule has 0 aliphatic carbocycles. The van der Waals surface area contributed by atoms with Crippen molar-refractivity contribution in [3.63, 3.8) is 0 Å². The van der Waals surface area contributed by atoms with Crippen molar-refractivity contribution in [1.82, 2.24) is 0 Å². The third kappa shape index (κ3) is 2.91. The van der Waals surface area contributed by atoms with Gasteiger partial charge in [0.2, 0.25) is 0 Å². The Morgan fingerprint density at radius 2 is 2.12 bits per heavy atom. The van der Waals surface area contributed by atoms with Crippen molar-refractivity contribution in [2.45, 2.75) is 0 Å². The van der Waals surface area contributed by atoms with Crippen LogP contribution in [0.5, 0.6) is 0 Å². The van der Waals surface area contributed by atoms with Crippen LogP contribution in [0.3, 0.4) is 0 Å². The van der Waals surface area contributed by atoms with Gasteiger partial charge >= 0.3 is 11.9 Å². The normalized spacial score (nSPS) is 10.4. The molecule has 0 fully saturated rings. The SMILES string of the molecule is COC(=O)C=Cc1cc(F)ccc1C(=O)O. The molecule has 1 aromatic carbocycles. The molecule has 1 aromatic rings. The number of carbonyl (C=O) groups excluding carboxylic acids is 1. The van der Waals surface area contributed by atoms with E-state index in [0.29, 0.717) is 0 Å². The molecule has 1 rings (SSSR count). The van der Waals surface area contributed by atoms with Crippen LogP contribution < -0.4 is 0 Å². The van der Waals surface area contributed by atoms with Gasteiger partial charge in [-0.25, -0.2) is 14.0 Å². The number of ether oxygens (including phenoxy) is 1.